The van der Waals surface area contributed by atoms with Gasteiger partial charge in [0, 0.05) is 72.0 Å². The summed E-state index contributed by atoms with van der Waals surface area (Å²) in [6.07, 6.45) is 3.32. The Bertz CT molecular complexity index is 1990. The number of hydrogen-bond acceptors (Lipinski definition) is 7. The molecule has 46 heavy (non-hydrogen) atoms. The second-order valence-electron chi connectivity index (χ2n) is 12.0. The number of carboxylic acid groups (broad SMARTS) is 1. The van der Waals surface area contributed by atoms with E-state index >= 15 is 0 Å². The standard InChI is InChI=1S/C34H37ClN6O3S2/c1-19-29-27(41(4)37-19)18-45-16-21-14-22(40(3)38-21)17-46-23-13-20-7-5-11-36-31(20)28(15-23)44-12-6-8-24-25-9-10-26(35)30(29)32(25)39(2)33(24)34(42)43/h9-10,13-15,36H,5-8,11-12,16-18H2,1-4H3,(H,42,43). The fourth-order valence-electron chi connectivity index (χ4n) is 6.91. The molecule has 240 valence electrons. The Morgan fingerprint density at radius 1 is 1.02 bits per heavy atom. The van der Waals surface area contributed by atoms with Crippen LogP contribution in [-0.4, -0.2) is 48.4 Å². The van der Waals surface area contributed by atoms with Crippen molar-refractivity contribution in [2.45, 2.75) is 54.8 Å². The van der Waals surface area contributed by atoms with Gasteiger partial charge in [-0.25, -0.2) is 4.79 Å². The average molecular weight is 677 g/mol. The predicted octanol–water partition coefficient (Wildman–Crippen LogP) is 7.38. The van der Waals surface area contributed by atoms with Crippen LogP contribution in [-0.2, 0) is 51.2 Å². The lowest BCUT2D eigenvalue weighted by molar-refractivity contribution is 0.0685. The van der Waals surface area contributed by atoms with Crippen molar-refractivity contribution in [3.8, 4) is 16.9 Å². The molecule has 2 aliphatic rings. The molecule has 0 fully saturated rings. The number of ether oxygens (including phenoxy) is 1. The molecule has 0 saturated carbocycles. The Kier molecular flexibility index (Phi) is 8.50. The number of nitrogens with one attached hydrogen (secondary N) is 1. The third kappa shape index (κ3) is 5.56. The molecular formula is C34H37ClN6O3S2. The first-order valence-corrected chi connectivity index (χ1v) is 18.0. The van der Waals surface area contributed by atoms with Crippen molar-refractivity contribution in [2.24, 2.45) is 21.1 Å². The zero-order valence-electron chi connectivity index (χ0n) is 26.4. The molecule has 3 aromatic heterocycles. The maximum Gasteiger partial charge on any atom is 0.352 e. The number of carbonyl (C=O) groups is 1. The molecule has 0 aliphatic carbocycles. The molecule has 0 saturated heterocycles. The second-order valence-corrected chi connectivity index (χ2v) is 14.5. The number of rotatable bonds is 1. The largest absolute Gasteiger partial charge is 0.491 e. The predicted molar refractivity (Wildman–Crippen MR) is 187 cm³/mol. The van der Waals surface area contributed by atoms with Crippen LogP contribution in [0.2, 0.25) is 5.02 Å². The summed E-state index contributed by atoms with van der Waals surface area (Å²) in [4.78, 5) is 13.9. The van der Waals surface area contributed by atoms with E-state index in [4.69, 9.17) is 26.5 Å². The van der Waals surface area contributed by atoms with Crippen LogP contribution in [0, 0.1) is 6.92 Å². The lowest BCUT2D eigenvalue weighted by Gasteiger charge is -2.22. The second kappa shape index (κ2) is 12.6. The van der Waals surface area contributed by atoms with Gasteiger partial charge in [0.2, 0.25) is 0 Å². The topological polar surface area (TPSA) is 99.1 Å². The van der Waals surface area contributed by atoms with Gasteiger partial charge in [0.15, 0.2) is 0 Å². The summed E-state index contributed by atoms with van der Waals surface area (Å²) < 4.78 is 12.2. The number of aromatic nitrogens is 5. The average Bonchev–Trinajstić information content (AvgIpc) is 3.62. The molecule has 0 atom stereocenters. The highest BCUT2D eigenvalue weighted by molar-refractivity contribution is 7.98. The number of halogens is 1. The van der Waals surface area contributed by atoms with Crippen molar-refractivity contribution < 1.29 is 14.6 Å². The van der Waals surface area contributed by atoms with E-state index in [1.54, 1.807) is 28.1 Å². The molecule has 0 radical (unpaired) electrons. The Hall–Kier alpha value is -3.54. The number of thioether (sulfide) groups is 2. The number of carboxylic acids is 1. The number of aromatic carboxylic acids is 1. The Balaban J connectivity index is 1.35. The molecule has 7 rings (SSSR count). The van der Waals surface area contributed by atoms with Gasteiger partial charge in [-0.05, 0) is 68.0 Å². The maximum absolute atomic E-state index is 12.7. The van der Waals surface area contributed by atoms with Gasteiger partial charge in [-0.3, -0.25) is 9.36 Å². The van der Waals surface area contributed by atoms with E-state index in [1.165, 1.54) is 16.2 Å². The number of nitrogens with zero attached hydrogens (tertiary/aromatic N) is 5. The number of fused-ring (bicyclic) bond motifs is 8. The first kappa shape index (κ1) is 31.1. The zero-order valence-corrected chi connectivity index (χ0v) is 28.8. The van der Waals surface area contributed by atoms with E-state index < -0.39 is 5.97 Å². The number of anilines is 1. The first-order chi connectivity index (χ1) is 22.2. The summed E-state index contributed by atoms with van der Waals surface area (Å²) in [5, 5.41) is 25.1. The summed E-state index contributed by atoms with van der Waals surface area (Å²) in [7, 11) is 5.79. The number of aryl methyl sites for hydroxylation is 6. The van der Waals surface area contributed by atoms with Crippen LogP contribution in [0.1, 0.15) is 57.2 Å². The van der Waals surface area contributed by atoms with Gasteiger partial charge < -0.3 is 19.7 Å². The lowest BCUT2D eigenvalue weighted by atomic mass is 9.98. The van der Waals surface area contributed by atoms with Gasteiger partial charge in [0.05, 0.1) is 39.9 Å². The van der Waals surface area contributed by atoms with E-state index in [0.717, 1.165) is 87.0 Å². The molecule has 2 aliphatic heterocycles. The minimum atomic E-state index is -0.956. The van der Waals surface area contributed by atoms with Crippen molar-refractivity contribution in [3.05, 3.63) is 75.0 Å². The Labute approximate surface area is 281 Å². The summed E-state index contributed by atoms with van der Waals surface area (Å²) in [6, 6.07) is 10.5. The smallest absolute Gasteiger partial charge is 0.352 e. The van der Waals surface area contributed by atoms with E-state index in [9.17, 15) is 9.90 Å². The Morgan fingerprint density at radius 2 is 1.87 bits per heavy atom. The van der Waals surface area contributed by atoms with Gasteiger partial charge in [0.25, 0.3) is 0 Å². The fraction of sp³-hybridized carbons (Fsp3) is 0.382. The van der Waals surface area contributed by atoms with Gasteiger partial charge in [-0.15, -0.1) is 23.5 Å². The molecule has 5 heterocycles. The van der Waals surface area contributed by atoms with Crippen LogP contribution >= 0.6 is 35.1 Å². The molecule has 2 aromatic carbocycles. The van der Waals surface area contributed by atoms with Gasteiger partial charge in [-0.1, -0.05) is 17.7 Å². The first-order valence-electron chi connectivity index (χ1n) is 15.5. The van der Waals surface area contributed by atoms with Crippen LogP contribution in [0.5, 0.6) is 5.75 Å². The quantitative estimate of drug-likeness (QED) is 0.190. The van der Waals surface area contributed by atoms with Crippen LogP contribution in [0.4, 0.5) is 5.69 Å². The van der Waals surface area contributed by atoms with Crippen molar-refractivity contribution >= 4 is 57.7 Å². The Morgan fingerprint density at radius 3 is 2.70 bits per heavy atom. The molecule has 12 heteroatoms. The van der Waals surface area contributed by atoms with Crippen molar-refractivity contribution in [1.29, 1.82) is 0 Å². The highest BCUT2D eigenvalue weighted by Gasteiger charge is 2.27. The third-order valence-electron chi connectivity index (χ3n) is 9.02. The molecule has 9 nitrogen and oxygen atoms in total. The maximum atomic E-state index is 12.7. The molecule has 0 amide bonds. The number of hydrogen-bond donors (Lipinski definition) is 2. The normalized spacial score (nSPS) is 15.5. The minimum absolute atomic E-state index is 0.279. The molecule has 8 bridgehead atoms. The van der Waals surface area contributed by atoms with Crippen molar-refractivity contribution in [1.82, 2.24) is 24.1 Å². The number of benzene rings is 2. The van der Waals surface area contributed by atoms with E-state index in [2.05, 4.69) is 23.5 Å². The molecule has 0 spiro atoms. The zero-order chi connectivity index (χ0) is 32.1. The minimum Gasteiger partial charge on any atom is -0.491 e. The monoisotopic (exact) mass is 676 g/mol. The van der Waals surface area contributed by atoms with Crippen LogP contribution in [0.3, 0.4) is 0 Å². The molecule has 5 aromatic rings. The van der Waals surface area contributed by atoms with E-state index in [0.29, 0.717) is 30.2 Å². The van der Waals surface area contributed by atoms with Crippen molar-refractivity contribution in [3.63, 3.8) is 0 Å². The summed E-state index contributed by atoms with van der Waals surface area (Å²) >= 11 is 10.6. The fourth-order valence-corrected chi connectivity index (χ4v) is 9.14. The highest BCUT2D eigenvalue weighted by atomic mass is 35.5. The molecular weight excluding hydrogens is 640 g/mol. The van der Waals surface area contributed by atoms with Gasteiger partial charge in [0.1, 0.15) is 11.4 Å². The molecule has 0 unspecified atom stereocenters. The summed E-state index contributed by atoms with van der Waals surface area (Å²) in [6.45, 7) is 3.38. The summed E-state index contributed by atoms with van der Waals surface area (Å²) in [5.74, 6) is 2.16. The van der Waals surface area contributed by atoms with E-state index in [-0.39, 0.29) is 5.69 Å². The summed E-state index contributed by atoms with van der Waals surface area (Å²) in [5.41, 5.74) is 10.1. The SMILES string of the molecule is Cc1nn(C)c2c1-c1c(Cl)ccc3c(c(C(=O)O)n(C)c13)CCCOc1cc(cc3c1NCCC3)SCc1cc(nn1C)CSC2. The van der Waals surface area contributed by atoms with Crippen molar-refractivity contribution in [2.75, 3.05) is 18.5 Å². The van der Waals surface area contributed by atoms with Gasteiger partial charge >= 0.3 is 5.97 Å². The van der Waals surface area contributed by atoms with Crippen LogP contribution in [0.25, 0.3) is 22.0 Å². The lowest BCUT2D eigenvalue weighted by Crippen LogP contribution is -2.14. The van der Waals surface area contributed by atoms with Crippen LogP contribution < -0.4 is 10.1 Å². The van der Waals surface area contributed by atoms with Crippen LogP contribution in [0.15, 0.2) is 35.2 Å². The van der Waals surface area contributed by atoms with E-state index in [1.807, 2.05) is 49.6 Å². The van der Waals surface area contributed by atoms with Gasteiger partial charge in [-0.2, -0.15) is 10.2 Å². The molecule has 2 N–H and O–H groups in total. The highest BCUT2D eigenvalue weighted by Crippen LogP contribution is 2.43. The third-order valence-corrected chi connectivity index (χ3v) is 11.3.